The van der Waals surface area contributed by atoms with Gasteiger partial charge >= 0.3 is 0 Å². The fourth-order valence-corrected chi connectivity index (χ4v) is 1.67. The van der Waals surface area contributed by atoms with Crippen LogP contribution in [0.2, 0.25) is 5.02 Å². The molecule has 0 bridgehead atoms. The number of nitrogens with one attached hydrogen (secondary N) is 2. The lowest BCUT2D eigenvalue weighted by molar-refractivity contribution is -0.115. The average molecular weight is 250 g/mol. The second kappa shape index (κ2) is 5.01. The van der Waals surface area contributed by atoms with Gasteiger partial charge in [-0.05, 0) is 24.6 Å². The number of halogens is 1. The van der Waals surface area contributed by atoms with Crippen LogP contribution >= 0.6 is 11.6 Å². The van der Waals surface area contributed by atoms with Gasteiger partial charge in [-0.25, -0.2) is 4.98 Å². The van der Waals surface area contributed by atoms with Crippen LogP contribution < -0.4 is 5.32 Å². The summed E-state index contributed by atoms with van der Waals surface area (Å²) in [5, 5.41) is 3.46. The largest absolute Gasteiger partial charge is 0.348 e. The lowest BCUT2D eigenvalue weighted by Gasteiger charge is -2.08. The molecular formula is C12H12ClN3O. The van der Waals surface area contributed by atoms with Gasteiger partial charge < -0.3 is 10.3 Å². The van der Waals surface area contributed by atoms with Gasteiger partial charge in [0.05, 0.1) is 12.7 Å². The highest BCUT2D eigenvalue weighted by Gasteiger charge is 2.08. The maximum absolute atomic E-state index is 11.7. The van der Waals surface area contributed by atoms with Crippen LogP contribution in [0.4, 0.5) is 5.69 Å². The lowest BCUT2D eigenvalue weighted by atomic mass is 10.2. The van der Waals surface area contributed by atoms with Crippen molar-refractivity contribution >= 4 is 23.2 Å². The third-order valence-electron chi connectivity index (χ3n) is 2.45. The fourth-order valence-electron chi connectivity index (χ4n) is 1.49. The van der Waals surface area contributed by atoms with Crippen molar-refractivity contribution in [1.29, 1.82) is 0 Å². The monoisotopic (exact) mass is 249 g/mol. The summed E-state index contributed by atoms with van der Waals surface area (Å²) in [6.07, 6.45) is 3.45. The Bertz CT molecular complexity index is 523. The van der Waals surface area contributed by atoms with Gasteiger partial charge in [-0.1, -0.05) is 17.7 Å². The van der Waals surface area contributed by atoms with Crippen LogP contribution in [0, 0.1) is 6.92 Å². The summed E-state index contributed by atoms with van der Waals surface area (Å²) in [6.45, 7) is 1.87. The quantitative estimate of drug-likeness (QED) is 0.878. The zero-order valence-electron chi connectivity index (χ0n) is 9.33. The number of H-pyrrole nitrogens is 1. The maximum atomic E-state index is 11.7. The molecule has 0 saturated heterocycles. The number of anilines is 1. The molecule has 0 unspecified atom stereocenters. The van der Waals surface area contributed by atoms with Crippen molar-refractivity contribution in [1.82, 2.24) is 9.97 Å². The lowest BCUT2D eigenvalue weighted by Crippen LogP contribution is -2.15. The van der Waals surface area contributed by atoms with Gasteiger partial charge in [-0.2, -0.15) is 0 Å². The Labute approximate surface area is 104 Å². The summed E-state index contributed by atoms with van der Waals surface area (Å²) in [4.78, 5) is 18.5. The van der Waals surface area contributed by atoms with E-state index in [0.717, 1.165) is 16.9 Å². The van der Waals surface area contributed by atoms with Crippen LogP contribution in [0.25, 0.3) is 0 Å². The SMILES string of the molecule is Cc1c(Cl)cccc1NC(=O)Cc1cnc[nH]1. The highest BCUT2D eigenvalue weighted by Crippen LogP contribution is 2.22. The van der Waals surface area contributed by atoms with Gasteiger partial charge in [0, 0.05) is 22.6 Å². The molecule has 0 atom stereocenters. The molecule has 2 N–H and O–H groups in total. The number of carbonyl (C=O) groups excluding carboxylic acids is 1. The molecule has 5 heteroatoms. The topological polar surface area (TPSA) is 57.8 Å². The van der Waals surface area contributed by atoms with E-state index < -0.39 is 0 Å². The van der Waals surface area contributed by atoms with Crippen molar-refractivity contribution < 1.29 is 4.79 Å². The van der Waals surface area contributed by atoms with E-state index in [1.165, 1.54) is 0 Å². The third-order valence-corrected chi connectivity index (χ3v) is 2.86. The van der Waals surface area contributed by atoms with Gasteiger partial charge in [0.2, 0.25) is 5.91 Å². The van der Waals surface area contributed by atoms with E-state index in [1.807, 2.05) is 13.0 Å². The molecule has 1 amide bonds. The molecule has 4 nitrogen and oxygen atoms in total. The predicted molar refractivity (Wildman–Crippen MR) is 67.1 cm³/mol. The molecule has 2 aromatic rings. The normalized spacial score (nSPS) is 10.2. The van der Waals surface area contributed by atoms with Crippen molar-refractivity contribution in [2.75, 3.05) is 5.32 Å². The van der Waals surface area contributed by atoms with E-state index in [1.54, 1.807) is 24.7 Å². The number of nitrogens with zero attached hydrogens (tertiary/aromatic N) is 1. The molecule has 17 heavy (non-hydrogen) atoms. The first-order valence-electron chi connectivity index (χ1n) is 5.19. The summed E-state index contributed by atoms with van der Waals surface area (Å²) in [5.41, 5.74) is 2.39. The van der Waals surface area contributed by atoms with Crippen LogP contribution in [0.15, 0.2) is 30.7 Å². The first-order chi connectivity index (χ1) is 8.16. The van der Waals surface area contributed by atoms with Crippen LogP contribution in [-0.4, -0.2) is 15.9 Å². The first-order valence-corrected chi connectivity index (χ1v) is 5.57. The Hall–Kier alpha value is -1.81. The summed E-state index contributed by atoms with van der Waals surface area (Å²) in [5.74, 6) is -0.0976. The van der Waals surface area contributed by atoms with E-state index in [2.05, 4.69) is 15.3 Å². The van der Waals surface area contributed by atoms with Crippen molar-refractivity contribution in [3.63, 3.8) is 0 Å². The third kappa shape index (κ3) is 2.85. The Balaban J connectivity index is 2.06. The molecule has 0 saturated carbocycles. The highest BCUT2D eigenvalue weighted by atomic mass is 35.5. The Morgan fingerprint density at radius 1 is 1.53 bits per heavy atom. The van der Waals surface area contributed by atoms with Crippen molar-refractivity contribution in [2.45, 2.75) is 13.3 Å². The van der Waals surface area contributed by atoms with Gasteiger partial charge in [0.1, 0.15) is 0 Å². The standard InChI is InChI=1S/C12H12ClN3O/c1-8-10(13)3-2-4-11(8)16-12(17)5-9-6-14-7-15-9/h2-4,6-7H,5H2,1H3,(H,14,15)(H,16,17). The number of aromatic amines is 1. The minimum atomic E-state index is -0.0976. The predicted octanol–water partition coefficient (Wildman–Crippen LogP) is 2.55. The molecule has 88 valence electrons. The summed E-state index contributed by atoms with van der Waals surface area (Å²) in [7, 11) is 0. The number of carbonyl (C=O) groups is 1. The van der Waals surface area contributed by atoms with E-state index >= 15 is 0 Å². The summed E-state index contributed by atoms with van der Waals surface area (Å²) >= 11 is 5.97. The summed E-state index contributed by atoms with van der Waals surface area (Å²) in [6, 6.07) is 5.43. The number of benzene rings is 1. The molecule has 1 aromatic carbocycles. The van der Waals surface area contributed by atoms with Crippen molar-refractivity contribution in [3.8, 4) is 0 Å². The molecule has 0 spiro atoms. The van der Waals surface area contributed by atoms with Crippen molar-refractivity contribution in [2.24, 2.45) is 0 Å². The van der Waals surface area contributed by atoms with Crippen molar-refractivity contribution in [3.05, 3.63) is 47.0 Å². The fraction of sp³-hybridized carbons (Fsp3) is 0.167. The van der Waals surface area contributed by atoms with Crippen LogP contribution in [0.3, 0.4) is 0 Å². The van der Waals surface area contributed by atoms with Gasteiger partial charge in [0.15, 0.2) is 0 Å². The molecule has 2 rings (SSSR count). The van der Waals surface area contributed by atoms with Crippen LogP contribution in [-0.2, 0) is 11.2 Å². The Morgan fingerprint density at radius 3 is 3.06 bits per heavy atom. The second-order valence-corrected chi connectivity index (χ2v) is 4.12. The number of aromatic nitrogens is 2. The minimum Gasteiger partial charge on any atom is -0.348 e. The molecule has 0 aliphatic carbocycles. The first kappa shape index (κ1) is 11.7. The van der Waals surface area contributed by atoms with Crippen LogP contribution in [0.1, 0.15) is 11.3 Å². The zero-order chi connectivity index (χ0) is 12.3. The number of hydrogen-bond acceptors (Lipinski definition) is 2. The minimum absolute atomic E-state index is 0.0976. The molecule has 0 radical (unpaired) electrons. The average Bonchev–Trinajstić information content (AvgIpc) is 2.77. The molecule has 1 aromatic heterocycles. The number of hydrogen-bond donors (Lipinski definition) is 2. The summed E-state index contributed by atoms with van der Waals surface area (Å²) < 4.78 is 0. The molecule has 1 heterocycles. The number of amides is 1. The zero-order valence-corrected chi connectivity index (χ0v) is 10.1. The molecule has 0 aliphatic rings. The van der Waals surface area contributed by atoms with Gasteiger partial charge in [-0.15, -0.1) is 0 Å². The van der Waals surface area contributed by atoms with Gasteiger partial charge in [-0.3, -0.25) is 4.79 Å². The maximum Gasteiger partial charge on any atom is 0.230 e. The number of imidazole rings is 1. The van der Waals surface area contributed by atoms with E-state index in [0.29, 0.717) is 5.02 Å². The van der Waals surface area contributed by atoms with Crippen LogP contribution in [0.5, 0.6) is 0 Å². The van der Waals surface area contributed by atoms with E-state index in [-0.39, 0.29) is 12.3 Å². The second-order valence-electron chi connectivity index (χ2n) is 3.71. The van der Waals surface area contributed by atoms with Gasteiger partial charge in [0.25, 0.3) is 0 Å². The molecular weight excluding hydrogens is 238 g/mol. The molecule has 0 fully saturated rings. The Kier molecular flexibility index (Phi) is 3.44. The highest BCUT2D eigenvalue weighted by molar-refractivity contribution is 6.31. The Morgan fingerprint density at radius 2 is 2.35 bits per heavy atom. The van der Waals surface area contributed by atoms with E-state index in [4.69, 9.17) is 11.6 Å². The smallest absolute Gasteiger partial charge is 0.230 e. The van der Waals surface area contributed by atoms with E-state index in [9.17, 15) is 4.79 Å². The number of rotatable bonds is 3. The molecule has 0 aliphatic heterocycles.